The normalized spacial score (nSPS) is 15.1. The number of carbonyl (C=O) groups excluding carboxylic acids is 1. The Morgan fingerprint density at radius 3 is 2.70 bits per heavy atom. The van der Waals surface area contributed by atoms with Crippen molar-refractivity contribution < 1.29 is 9.53 Å². The highest BCUT2D eigenvalue weighted by molar-refractivity contribution is 5.82. The van der Waals surface area contributed by atoms with Crippen LogP contribution in [-0.4, -0.2) is 21.9 Å². The first-order valence-corrected chi connectivity index (χ1v) is 9.18. The number of benzene rings is 2. The Morgan fingerprint density at radius 2 is 1.93 bits per heavy atom. The molecule has 2 aromatic carbocycles. The van der Waals surface area contributed by atoms with E-state index in [2.05, 4.69) is 30.1 Å². The zero-order valence-electron chi connectivity index (χ0n) is 15.3. The molecular weight excluding hydrogens is 336 g/mol. The number of hydrogen-bond acceptors (Lipinski definition) is 3. The van der Waals surface area contributed by atoms with E-state index in [1.807, 2.05) is 53.4 Å². The maximum atomic E-state index is 13.3. The van der Waals surface area contributed by atoms with E-state index < -0.39 is 6.10 Å². The molecule has 1 unspecified atom stereocenters. The van der Waals surface area contributed by atoms with Crippen LogP contribution in [0.5, 0.6) is 5.75 Å². The van der Waals surface area contributed by atoms with Gasteiger partial charge in [0.25, 0.3) is 5.91 Å². The van der Waals surface area contributed by atoms with Gasteiger partial charge in [-0.2, -0.15) is 0 Å². The van der Waals surface area contributed by atoms with Crippen molar-refractivity contribution in [2.45, 2.75) is 32.5 Å². The highest BCUT2D eigenvalue weighted by atomic mass is 16.5. The molecule has 0 N–H and O–H groups in total. The van der Waals surface area contributed by atoms with Crippen LogP contribution in [0.1, 0.15) is 22.4 Å². The molecule has 0 saturated carbocycles. The third-order valence-electron chi connectivity index (χ3n) is 4.77. The minimum Gasteiger partial charge on any atom is -0.480 e. The lowest BCUT2D eigenvalue weighted by molar-refractivity contribution is -0.139. The molecule has 4 nitrogen and oxygen atoms in total. The SMILES string of the molecule is Cc1cccc(CN(Cc2ccccn2)C(=O)C2Cc3ccccc3O2)c1. The molecule has 136 valence electrons. The van der Waals surface area contributed by atoms with Crippen molar-refractivity contribution in [1.82, 2.24) is 9.88 Å². The second-order valence-electron chi connectivity index (χ2n) is 6.92. The minimum atomic E-state index is -0.476. The van der Waals surface area contributed by atoms with Gasteiger partial charge in [-0.3, -0.25) is 9.78 Å². The average Bonchev–Trinajstić information content (AvgIpc) is 3.12. The van der Waals surface area contributed by atoms with Crippen molar-refractivity contribution in [3.05, 3.63) is 95.3 Å². The molecule has 0 aliphatic carbocycles. The fourth-order valence-corrected chi connectivity index (χ4v) is 3.45. The van der Waals surface area contributed by atoms with E-state index in [1.54, 1.807) is 6.20 Å². The van der Waals surface area contributed by atoms with E-state index in [-0.39, 0.29) is 5.91 Å². The fraction of sp³-hybridized carbons (Fsp3) is 0.217. The highest BCUT2D eigenvalue weighted by Crippen LogP contribution is 2.29. The number of amides is 1. The summed E-state index contributed by atoms with van der Waals surface area (Å²) in [5.74, 6) is 0.808. The lowest BCUT2D eigenvalue weighted by atomic mass is 10.1. The van der Waals surface area contributed by atoms with Gasteiger partial charge < -0.3 is 9.64 Å². The van der Waals surface area contributed by atoms with Crippen molar-refractivity contribution in [2.24, 2.45) is 0 Å². The third kappa shape index (κ3) is 4.00. The summed E-state index contributed by atoms with van der Waals surface area (Å²) in [5, 5.41) is 0. The molecule has 2 heterocycles. The van der Waals surface area contributed by atoms with Gasteiger partial charge >= 0.3 is 0 Å². The van der Waals surface area contributed by atoms with Crippen LogP contribution in [0.15, 0.2) is 72.9 Å². The van der Waals surface area contributed by atoms with Crippen LogP contribution in [0.2, 0.25) is 0 Å². The summed E-state index contributed by atoms with van der Waals surface area (Å²) in [5.41, 5.74) is 4.25. The molecule has 1 aromatic heterocycles. The first kappa shape index (κ1) is 17.3. The Morgan fingerprint density at radius 1 is 1.07 bits per heavy atom. The van der Waals surface area contributed by atoms with Crippen LogP contribution in [0.3, 0.4) is 0 Å². The van der Waals surface area contributed by atoms with E-state index >= 15 is 0 Å². The molecule has 1 atom stereocenters. The van der Waals surface area contributed by atoms with Gasteiger partial charge in [0.05, 0.1) is 12.2 Å². The van der Waals surface area contributed by atoms with E-state index in [4.69, 9.17) is 4.74 Å². The summed E-state index contributed by atoms with van der Waals surface area (Å²) in [6, 6.07) is 21.9. The maximum absolute atomic E-state index is 13.3. The molecule has 0 spiro atoms. The maximum Gasteiger partial charge on any atom is 0.264 e. The second-order valence-corrected chi connectivity index (χ2v) is 6.92. The Hall–Kier alpha value is -3.14. The van der Waals surface area contributed by atoms with Crippen LogP contribution in [0, 0.1) is 6.92 Å². The van der Waals surface area contributed by atoms with Crippen LogP contribution < -0.4 is 4.74 Å². The standard InChI is InChI=1S/C23H22N2O2/c1-17-7-6-8-18(13-17)15-25(16-20-10-4-5-12-24-20)23(26)22-14-19-9-2-3-11-21(19)27-22/h2-13,22H,14-16H2,1H3. The molecule has 3 aromatic rings. The number of nitrogens with zero attached hydrogens (tertiary/aromatic N) is 2. The third-order valence-corrected chi connectivity index (χ3v) is 4.77. The zero-order valence-corrected chi connectivity index (χ0v) is 15.3. The molecule has 0 radical (unpaired) electrons. The lowest BCUT2D eigenvalue weighted by Crippen LogP contribution is -2.40. The van der Waals surface area contributed by atoms with Crippen molar-refractivity contribution >= 4 is 5.91 Å². The quantitative estimate of drug-likeness (QED) is 0.694. The molecular formula is C23H22N2O2. The van der Waals surface area contributed by atoms with E-state index in [1.165, 1.54) is 5.56 Å². The predicted octanol–water partition coefficient (Wildman–Crippen LogP) is 3.92. The van der Waals surface area contributed by atoms with Crippen LogP contribution in [0.25, 0.3) is 0 Å². The van der Waals surface area contributed by atoms with Crippen molar-refractivity contribution in [3.63, 3.8) is 0 Å². The van der Waals surface area contributed by atoms with Gasteiger partial charge in [0.15, 0.2) is 6.10 Å². The van der Waals surface area contributed by atoms with Gasteiger partial charge in [0, 0.05) is 19.2 Å². The zero-order chi connectivity index (χ0) is 18.6. The number of pyridine rings is 1. The largest absolute Gasteiger partial charge is 0.480 e. The molecule has 1 amide bonds. The van der Waals surface area contributed by atoms with Gasteiger partial charge in [-0.05, 0) is 36.2 Å². The topological polar surface area (TPSA) is 42.4 Å². The Bertz CT molecular complexity index is 915. The Kier molecular flexibility index (Phi) is 4.88. The molecule has 0 bridgehead atoms. The van der Waals surface area contributed by atoms with E-state index in [0.29, 0.717) is 19.5 Å². The van der Waals surface area contributed by atoms with Crippen LogP contribution >= 0.6 is 0 Å². The smallest absolute Gasteiger partial charge is 0.264 e. The number of fused-ring (bicyclic) bond motifs is 1. The molecule has 1 aliphatic heterocycles. The highest BCUT2D eigenvalue weighted by Gasteiger charge is 2.32. The Balaban J connectivity index is 1.56. The first-order chi connectivity index (χ1) is 13.2. The summed E-state index contributed by atoms with van der Waals surface area (Å²) >= 11 is 0. The average molecular weight is 358 g/mol. The molecule has 27 heavy (non-hydrogen) atoms. The molecule has 1 aliphatic rings. The monoisotopic (exact) mass is 358 g/mol. The number of carbonyl (C=O) groups is 1. The fourth-order valence-electron chi connectivity index (χ4n) is 3.45. The van der Waals surface area contributed by atoms with Crippen molar-refractivity contribution in [3.8, 4) is 5.75 Å². The van der Waals surface area contributed by atoms with Crippen LogP contribution in [0.4, 0.5) is 0 Å². The summed E-state index contributed by atoms with van der Waals surface area (Å²) in [7, 11) is 0. The molecule has 0 saturated heterocycles. The van der Waals surface area contributed by atoms with Crippen LogP contribution in [-0.2, 0) is 24.3 Å². The Labute approximate surface area is 159 Å². The number of hydrogen-bond donors (Lipinski definition) is 0. The van der Waals surface area contributed by atoms with Gasteiger partial charge in [-0.25, -0.2) is 0 Å². The summed E-state index contributed by atoms with van der Waals surface area (Å²) in [6.45, 7) is 3.06. The molecule has 0 fully saturated rings. The summed E-state index contributed by atoms with van der Waals surface area (Å²) in [4.78, 5) is 19.5. The predicted molar refractivity (Wildman–Crippen MR) is 104 cm³/mol. The number of para-hydroxylation sites is 1. The number of aryl methyl sites for hydroxylation is 1. The van der Waals surface area contributed by atoms with Gasteiger partial charge in [-0.15, -0.1) is 0 Å². The van der Waals surface area contributed by atoms with E-state index in [0.717, 1.165) is 22.6 Å². The lowest BCUT2D eigenvalue weighted by Gasteiger charge is -2.25. The molecule has 4 heteroatoms. The summed E-state index contributed by atoms with van der Waals surface area (Å²) in [6.07, 6.45) is 1.89. The number of aromatic nitrogens is 1. The summed E-state index contributed by atoms with van der Waals surface area (Å²) < 4.78 is 5.94. The second kappa shape index (κ2) is 7.62. The van der Waals surface area contributed by atoms with E-state index in [9.17, 15) is 4.79 Å². The van der Waals surface area contributed by atoms with Crippen molar-refractivity contribution in [1.29, 1.82) is 0 Å². The van der Waals surface area contributed by atoms with Gasteiger partial charge in [0.1, 0.15) is 5.75 Å². The van der Waals surface area contributed by atoms with Gasteiger partial charge in [-0.1, -0.05) is 54.1 Å². The van der Waals surface area contributed by atoms with Gasteiger partial charge in [0.2, 0.25) is 0 Å². The van der Waals surface area contributed by atoms with Crippen molar-refractivity contribution in [2.75, 3.05) is 0 Å². The molecule has 4 rings (SSSR count). The first-order valence-electron chi connectivity index (χ1n) is 9.18. The minimum absolute atomic E-state index is 0.00152. The number of rotatable bonds is 5. The number of ether oxygens (including phenoxy) is 1.